The van der Waals surface area contributed by atoms with Gasteiger partial charge in [-0.15, -0.1) is 0 Å². The molecule has 1 saturated heterocycles. The highest BCUT2D eigenvalue weighted by molar-refractivity contribution is 5.95. The lowest BCUT2D eigenvalue weighted by Gasteiger charge is -2.30. The Labute approximate surface area is 212 Å². The predicted molar refractivity (Wildman–Crippen MR) is 129 cm³/mol. The van der Waals surface area contributed by atoms with Gasteiger partial charge in [0.25, 0.3) is 0 Å². The van der Waals surface area contributed by atoms with Crippen molar-refractivity contribution in [3.05, 3.63) is 18.2 Å². The Bertz CT molecular complexity index is 995. The van der Waals surface area contributed by atoms with Crippen molar-refractivity contribution in [3.8, 4) is 0 Å². The smallest absolute Gasteiger partial charge is 0.326 e. The van der Waals surface area contributed by atoms with Crippen molar-refractivity contribution in [2.45, 2.75) is 62.7 Å². The number of H-pyrrole nitrogens is 1. The summed E-state index contributed by atoms with van der Waals surface area (Å²) in [7, 11) is 0. The van der Waals surface area contributed by atoms with Crippen molar-refractivity contribution in [1.29, 1.82) is 0 Å². The average Bonchev–Trinajstić information content (AvgIpc) is 3.51. The van der Waals surface area contributed by atoms with Crippen molar-refractivity contribution in [1.82, 2.24) is 25.5 Å². The normalized spacial score (nSPS) is 17.3. The molecule has 1 fully saturated rings. The minimum Gasteiger partial charge on any atom is -0.481 e. The Morgan fingerprint density at radius 2 is 1.92 bits per heavy atom. The number of carboxylic acids is 2. The van der Waals surface area contributed by atoms with Crippen LogP contribution in [0.5, 0.6) is 0 Å². The summed E-state index contributed by atoms with van der Waals surface area (Å²) < 4.78 is 0. The molecule has 1 aromatic rings. The first-order chi connectivity index (χ1) is 17.5. The lowest BCUT2D eigenvalue weighted by Crippen LogP contribution is -2.57. The maximum Gasteiger partial charge on any atom is 0.326 e. The number of hydrogen-bond donors (Lipinski definition) is 8. The first-order valence-corrected chi connectivity index (χ1v) is 11.6. The summed E-state index contributed by atoms with van der Waals surface area (Å²) in [4.78, 5) is 73.1. The molecule has 16 nitrogen and oxygen atoms in total. The molecule has 37 heavy (non-hydrogen) atoms. The molecule has 1 aliphatic rings. The zero-order valence-electron chi connectivity index (χ0n) is 20.1. The highest BCUT2D eigenvalue weighted by Gasteiger charge is 2.39. The lowest BCUT2D eigenvalue weighted by atomic mass is 10.1. The number of aliphatic imine (C=N–C) groups is 1. The molecule has 4 unspecified atom stereocenters. The zero-order valence-corrected chi connectivity index (χ0v) is 20.1. The largest absolute Gasteiger partial charge is 0.481 e. The van der Waals surface area contributed by atoms with E-state index in [1.807, 2.05) is 0 Å². The summed E-state index contributed by atoms with van der Waals surface area (Å²) in [5, 5.41) is 23.0. The second-order valence-corrected chi connectivity index (χ2v) is 8.58. The van der Waals surface area contributed by atoms with Crippen LogP contribution in [0.4, 0.5) is 0 Å². The average molecular weight is 524 g/mol. The molecule has 0 bridgehead atoms. The quantitative estimate of drug-likeness (QED) is 0.0685. The number of aromatic amines is 1. The Hall–Kier alpha value is -4.21. The molecular formula is C21H33N9O7. The van der Waals surface area contributed by atoms with E-state index in [-0.39, 0.29) is 38.3 Å². The van der Waals surface area contributed by atoms with Crippen LogP contribution in [0.15, 0.2) is 17.5 Å². The number of likely N-dealkylation sites (tertiary alicyclic amines) is 1. The van der Waals surface area contributed by atoms with Crippen molar-refractivity contribution in [2.75, 3.05) is 13.1 Å². The van der Waals surface area contributed by atoms with Gasteiger partial charge in [0.05, 0.1) is 18.8 Å². The molecule has 3 amide bonds. The zero-order chi connectivity index (χ0) is 27.5. The Morgan fingerprint density at radius 1 is 1.19 bits per heavy atom. The van der Waals surface area contributed by atoms with Crippen molar-refractivity contribution in [2.24, 2.45) is 22.2 Å². The van der Waals surface area contributed by atoms with E-state index in [4.69, 9.17) is 22.3 Å². The van der Waals surface area contributed by atoms with Gasteiger partial charge in [0.1, 0.15) is 18.1 Å². The van der Waals surface area contributed by atoms with Gasteiger partial charge in [-0.1, -0.05) is 0 Å². The Balaban J connectivity index is 2.13. The summed E-state index contributed by atoms with van der Waals surface area (Å²) in [6, 6.07) is -4.73. The summed E-state index contributed by atoms with van der Waals surface area (Å²) >= 11 is 0. The second kappa shape index (κ2) is 13.8. The van der Waals surface area contributed by atoms with Gasteiger partial charge in [0, 0.05) is 31.4 Å². The topological polar surface area (TPSA) is 272 Å². The van der Waals surface area contributed by atoms with Gasteiger partial charge in [-0.25, -0.2) is 9.78 Å². The molecule has 0 aromatic carbocycles. The van der Waals surface area contributed by atoms with Gasteiger partial charge < -0.3 is 47.9 Å². The standard InChI is InChI=1S/C21H33N9O7/c22-12(7-11-9-25-10-27-11)17(33)28-13(3-1-5-26-21(23)24)19(35)30-6-2-4-15(30)18(34)29-14(20(36)37)8-16(31)32/h9-10,12-15H,1-8,22H2,(H,25,27)(H,28,33)(H,29,34)(H,31,32)(H,36,37)(H4,23,24,26). The minimum absolute atomic E-state index is 0.126. The summed E-state index contributed by atoms with van der Waals surface area (Å²) in [6.07, 6.45) is 3.45. The second-order valence-electron chi connectivity index (χ2n) is 8.58. The number of rotatable bonds is 14. The molecule has 16 heteroatoms. The van der Waals surface area contributed by atoms with Crippen LogP contribution in [0.3, 0.4) is 0 Å². The summed E-state index contributed by atoms with van der Waals surface area (Å²) in [6.45, 7) is 0.385. The number of carbonyl (C=O) groups is 5. The molecule has 4 atom stereocenters. The highest BCUT2D eigenvalue weighted by Crippen LogP contribution is 2.20. The Kier molecular flexibility index (Phi) is 10.8. The number of nitrogens with zero attached hydrogens (tertiary/aromatic N) is 3. The summed E-state index contributed by atoms with van der Waals surface area (Å²) in [5.41, 5.74) is 17.3. The fraction of sp³-hybridized carbons (Fsp3) is 0.571. The van der Waals surface area contributed by atoms with E-state index in [1.165, 1.54) is 17.4 Å². The number of aliphatic carboxylic acids is 2. The molecule has 2 heterocycles. The first kappa shape index (κ1) is 29.0. The monoisotopic (exact) mass is 523 g/mol. The molecular weight excluding hydrogens is 490 g/mol. The third kappa shape index (κ3) is 9.06. The molecule has 0 spiro atoms. The van der Waals surface area contributed by atoms with Crippen molar-refractivity contribution in [3.63, 3.8) is 0 Å². The number of imidazole rings is 1. The van der Waals surface area contributed by atoms with Crippen LogP contribution in [0, 0.1) is 0 Å². The molecule has 1 aliphatic heterocycles. The molecule has 11 N–H and O–H groups in total. The van der Waals surface area contributed by atoms with Crippen LogP contribution in [-0.2, 0) is 30.4 Å². The van der Waals surface area contributed by atoms with E-state index in [0.717, 1.165) is 0 Å². The van der Waals surface area contributed by atoms with Crippen LogP contribution in [0.25, 0.3) is 0 Å². The molecule has 2 rings (SSSR count). The van der Waals surface area contributed by atoms with E-state index in [2.05, 4.69) is 25.6 Å². The third-order valence-electron chi connectivity index (χ3n) is 5.72. The fourth-order valence-electron chi connectivity index (χ4n) is 3.91. The number of carboxylic acid groups (broad SMARTS) is 2. The van der Waals surface area contributed by atoms with Gasteiger partial charge in [-0.2, -0.15) is 0 Å². The molecule has 1 aromatic heterocycles. The van der Waals surface area contributed by atoms with E-state index >= 15 is 0 Å². The molecule has 204 valence electrons. The van der Waals surface area contributed by atoms with Crippen LogP contribution < -0.4 is 27.8 Å². The fourth-order valence-corrected chi connectivity index (χ4v) is 3.91. The van der Waals surface area contributed by atoms with Gasteiger partial charge in [0.2, 0.25) is 17.7 Å². The Morgan fingerprint density at radius 3 is 2.51 bits per heavy atom. The van der Waals surface area contributed by atoms with Crippen molar-refractivity contribution >= 4 is 35.6 Å². The van der Waals surface area contributed by atoms with Gasteiger partial charge in [0.15, 0.2) is 5.96 Å². The lowest BCUT2D eigenvalue weighted by molar-refractivity contribution is -0.148. The number of guanidine groups is 1. The number of amides is 3. The van der Waals surface area contributed by atoms with E-state index in [1.54, 1.807) is 0 Å². The van der Waals surface area contributed by atoms with Crippen molar-refractivity contribution < 1.29 is 34.2 Å². The molecule has 0 radical (unpaired) electrons. The van der Waals surface area contributed by atoms with E-state index in [0.29, 0.717) is 18.5 Å². The van der Waals surface area contributed by atoms with Crippen LogP contribution in [0.2, 0.25) is 0 Å². The van der Waals surface area contributed by atoms with E-state index in [9.17, 15) is 29.1 Å². The highest BCUT2D eigenvalue weighted by atomic mass is 16.4. The maximum absolute atomic E-state index is 13.4. The van der Waals surface area contributed by atoms with Crippen LogP contribution >= 0.6 is 0 Å². The maximum atomic E-state index is 13.4. The SMILES string of the molecule is NC(N)=NCCCC(NC(=O)C(N)Cc1cnc[nH]1)C(=O)N1CCCC1C(=O)NC(CC(=O)O)C(=O)O. The molecule has 0 saturated carbocycles. The van der Waals surface area contributed by atoms with Gasteiger partial charge in [-0.05, 0) is 25.7 Å². The number of carbonyl (C=O) groups excluding carboxylic acids is 3. The number of nitrogens with two attached hydrogens (primary N) is 3. The minimum atomic E-state index is -1.65. The molecule has 0 aliphatic carbocycles. The summed E-state index contributed by atoms with van der Waals surface area (Å²) in [5.74, 6) is -4.98. The first-order valence-electron chi connectivity index (χ1n) is 11.6. The predicted octanol–water partition coefficient (Wildman–Crippen LogP) is -3.15. The van der Waals surface area contributed by atoms with Crippen LogP contribution in [-0.4, -0.2) is 98.0 Å². The van der Waals surface area contributed by atoms with E-state index < -0.39 is 60.2 Å². The number of hydrogen-bond acceptors (Lipinski definition) is 8. The van der Waals surface area contributed by atoms with Gasteiger partial charge >= 0.3 is 11.9 Å². The van der Waals surface area contributed by atoms with Gasteiger partial charge in [-0.3, -0.25) is 24.2 Å². The third-order valence-corrected chi connectivity index (χ3v) is 5.72. The van der Waals surface area contributed by atoms with Crippen LogP contribution in [0.1, 0.15) is 37.8 Å². The number of nitrogens with one attached hydrogen (secondary N) is 3. The number of aromatic nitrogens is 2.